The molecule has 1 aromatic heterocycles. The molecule has 0 spiro atoms. The first-order valence-electron chi connectivity index (χ1n) is 4.68. The molecule has 2 rings (SSSR count). The van der Waals surface area contributed by atoms with Gasteiger partial charge in [-0.3, -0.25) is 4.68 Å². The van der Waals surface area contributed by atoms with Crippen molar-refractivity contribution >= 4 is 10.9 Å². The summed E-state index contributed by atoms with van der Waals surface area (Å²) in [6.45, 7) is 1.57. The van der Waals surface area contributed by atoms with E-state index in [1.54, 1.807) is 11.6 Å². The van der Waals surface area contributed by atoms with Gasteiger partial charge in [-0.2, -0.15) is 5.10 Å². The summed E-state index contributed by atoms with van der Waals surface area (Å²) >= 11 is 0. The van der Waals surface area contributed by atoms with Gasteiger partial charge in [0.25, 0.3) is 0 Å². The predicted molar refractivity (Wildman–Crippen MR) is 59.1 cm³/mol. The third kappa shape index (κ3) is 1.39. The lowest BCUT2D eigenvalue weighted by molar-refractivity contribution is 0.118. The highest BCUT2D eigenvalue weighted by molar-refractivity contribution is 5.83. The molecule has 76 valence electrons. The lowest BCUT2D eigenvalue weighted by Gasteiger charge is -2.13. The van der Waals surface area contributed by atoms with Gasteiger partial charge in [0.1, 0.15) is 5.69 Å². The first-order valence-corrected chi connectivity index (χ1v) is 4.68. The normalized spacial score (nSPS) is 14.8. The number of rotatable bonds is 1. The van der Waals surface area contributed by atoms with Gasteiger partial charge in [-0.1, -0.05) is 24.1 Å². The van der Waals surface area contributed by atoms with E-state index in [2.05, 4.69) is 11.0 Å². The van der Waals surface area contributed by atoms with Crippen molar-refractivity contribution in [1.29, 1.82) is 0 Å². The van der Waals surface area contributed by atoms with E-state index in [0.717, 1.165) is 10.9 Å². The molecule has 0 fully saturated rings. The molecule has 0 amide bonds. The topological polar surface area (TPSA) is 38.1 Å². The van der Waals surface area contributed by atoms with Crippen LogP contribution in [-0.2, 0) is 12.6 Å². The van der Waals surface area contributed by atoms with Gasteiger partial charge in [-0.05, 0) is 13.0 Å². The van der Waals surface area contributed by atoms with Gasteiger partial charge >= 0.3 is 0 Å². The summed E-state index contributed by atoms with van der Waals surface area (Å²) in [5, 5.41) is 15.1. The van der Waals surface area contributed by atoms with Crippen molar-refractivity contribution in [2.24, 2.45) is 7.05 Å². The third-order valence-electron chi connectivity index (χ3n) is 2.50. The second-order valence-corrected chi connectivity index (χ2v) is 3.71. The lowest BCUT2D eigenvalue weighted by Crippen LogP contribution is -2.19. The molecule has 1 aromatic carbocycles. The summed E-state index contributed by atoms with van der Waals surface area (Å²) in [6.07, 6.45) is 5.29. The summed E-state index contributed by atoms with van der Waals surface area (Å²) in [4.78, 5) is 0. The third-order valence-corrected chi connectivity index (χ3v) is 2.50. The molecule has 0 saturated heterocycles. The zero-order valence-electron chi connectivity index (χ0n) is 8.73. The Hall–Kier alpha value is -1.79. The number of para-hydroxylation sites is 1. The van der Waals surface area contributed by atoms with E-state index in [1.807, 2.05) is 31.3 Å². The minimum Gasteiger partial charge on any atom is -0.372 e. The SMILES string of the molecule is C#C[C@@](C)(O)c1nn(C)c2ccccc12. The number of hydrogen-bond acceptors (Lipinski definition) is 2. The van der Waals surface area contributed by atoms with E-state index >= 15 is 0 Å². The van der Waals surface area contributed by atoms with E-state index in [4.69, 9.17) is 6.42 Å². The van der Waals surface area contributed by atoms with E-state index in [1.165, 1.54) is 0 Å². The molecule has 1 N–H and O–H groups in total. The van der Waals surface area contributed by atoms with Gasteiger partial charge in [0, 0.05) is 12.4 Å². The van der Waals surface area contributed by atoms with Gasteiger partial charge < -0.3 is 5.11 Å². The first kappa shape index (κ1) is 9.75. The Balaban J connectivity index is 2.80. The number of hydrogen-bond donors (Lipinski definition) is 1. The summed E-state index contributed by atoms with van der Waals surface area (Å²) in [5.41, 5.74) is 0.173. The minimum atomic E-state index is -1.32. The molecule has 15 heavy (non-hydrogen) atoms. The van der Waals surface area contributed by atoms with Crippen LogP contribution in [0.5, 0.6) is 0 Å². The van der Waals surface area contributed by atoms with Crippen LogP contribution in [0.3, 0.4) is 0 Å². The van der Waals surface area contributed by atoms with Gasteiger partial charge in [0.2, 0.25) is 0 Å². The van der Waals surface area contributed by atoms with E-state index < -0.39 is 5.60 Å². The van der Waals surface area contributed by atoms with E-state index in [-0.39, 0.29) is 0 Å². The maximum absolute atomic E-state index is 9.99. The number of benzene rings is 1. The average molecular weight is 200 g/mol. The van der Waals surface area contributed by atoms with Crippen molar-refractivity contribution in [3.05, 3.63) is 30.0 Å². The number of terminal acetylenes is 1. The van der Waals surface area contributed by atoms with Crippen LogP contribution in [0.1, 0.15) is 12.6 Å². The summed E-state index contributed by atoms with van der Waals surface area (Å²) in [5.74, 6) is 2.34. The highest BCUT2D eigenvalue weighted by atomic mass is 16.3. The Morgan fingerprint density at radius 1 is 1.47 bits per heavy atom. The van der Waals surface area contributed by atoms with Crippen molar-refractivity contribution in [3.8, 4) is 12.3 Å². The Bertz CT molecular complexity index is 546. The standard InChI is InChI=1S/C12H12N2O/c1-4-12(2,15)11-9-7-5-6-8-10(9)14(3)13-11/h1,5-8,15H,2-3H3/t12-/m1/s1. The molecule has 0 aliphatic carbocycles. The molecule has 2 aromatic rings. The average Bonchev–Trinajstić information content (AvgIpc) is 2.58. The minimum absolute atomic E-state index is 0.531. The zero-order chi connectivity index (χ0) is 11.1. The quantitative estimate of drug-likeness (QED) is 0.707. The van der Waals surface area contributed by atoms with E-state index in [9.17, 15) is 5.11 Å². The first-order chi connectivity index (χ1) is 7.06. The van der Waals surface area contributed by atoms with Crippen LogP contribution in [0.2, 0.25) is 0 Å². The Morgan fingerprint density at radius 3 is 2.80 bits per heavy atom. The van der Waals surface area contributed by atoms with Gasteiger partial charge in [-0.25, -0.2) is 0 Å². The second-order valence-electron chi connectivity index (χ2n) is 3.71. The number of aliphatic hydroxyl groups is 1. The molecule has 0 radical (unpaired) electrons. The number of nitrogens with zero attached hydrogens (tertiary/aromatic N) is 2. The van der Waals surface area contributed by atoms with Crippen molar-refractivity contribution in [1.82, 2.24) is 9.78 Å². The smallest absolute Gasteiger partial charge is 0.167 e. The molecular formula is C12H12N2O. The maximum Gasteiger partial charge on any atom is 0.167 e. The zero-order valence-corrected chi connectivity index (χ0v) is 8.73. The molecule has 0 bridgehead atoms. The van der Waals surface area contributed by atoms with Crippen LogP contribution in [0.15, 0.2) is 24.3 Å². The Labute approximate surface area is 88.3 Å². The highest BCUT2D eigenvalue weighted by Crippen LogP contribution is 2.26. The Kier molecular flexibility index (Phi) is 2.02. The van der Waals surface area contributed by atoms with Gasteiger partial charge in [0.15, 0.2) is 5.60 Å². The maximum atomic E-state index is 9.99. The van der Waals surface area contributed by atoms with Crippen LogP contribution in [0.25, 0.3) is 10.9 Å². The molecule has 0 aliphatic heterocycles. The van der Waals surface area contributed by atoms with Crippen LogP contribution in [0, 0.1) is 12.3 Å². The number of aromatic nitrogens is 2. The summed E-state index contributed by atoms with van der Waals surface area (Å²) in [7, 11) is 1.83. The molecule has 1 atom stereocenters. The van der Waals surface area contributed by atoms with Gasteiger partial charge in [-0.15, -0.1) is 6.42 Å². The van der Waals surface area contributed by atoms with Crippen molar-refractivity contribution in [3.63, 3.8) is 0 Å². The number of fused-ring (bicyclic) bond motifs is 1. The Morgan fingerprint density at radius 2 is 2.13 bits per heavy atom. The van der Waals surface area contributed by atoms with E-state index in [0.29, 0.717) is 5.69 Å². The molecule has 1 heterocycles. The van der Waals surface area contributed by atoms with Crippen molar-refractivity contribution in [2.75, 3.05) is 0 Å². The fourth-order valence-electron chi connectivity index (χ4n) is 1.64. The molecule has 3 heteroatoms. The monoisotopic (exact) mass is 200 g/mol. The largest absolute Gasteiger partial charge is 0.372 e. The van der Waals surface area contributed by atoms with Crippen molar-refractivity contribution < 1.29 is 5.11 Å². The van der Waals surface area contributed by atoms with Crippen LogP contribution >= 0.6 is 0 Å². The summed E-state index contributed by atoms with van der Waals surface area (Å²) in [6, 6.07) is 7.68. The molecule has 3 nitrogen and oxygen atoms in total. The lowest BCUT2D eigenvalue weighted by atomic mass is 10.0. The van der Waals surface area contributed by atoms with Crippen LogP contribution < -0.4 is 0 Å². The molecule has 0 aliphatic rings. The molecular weight excluding hydrogens is 188 g/mol. The predicted octanol–water partition coefficient (Wildman–Crippen LogP) is 1.41. The molecule has 0 saturated carbocycles. The summed E-state index contributed by atoms with van der Waals surface area (Å²) < 4.78 is 1.72. The molecule has 0 unspecified atom stereocenters. The van der Waals surface area contributed by atoms with Crippen molar-refractivity contribution in [2.45, 2.75) is 12.5 Å². The van der Waals surface area contributed by atoms with Crippen LogP contribution in [-0.4, -0.2) is 14.9 Å². The highest BCUT2D eigenvalue weighted by Gasteiger charge is 2.26. The second kappa shape index (κ2) is 3.11. The fourth-order valence-corrected chi connectivity index (χ4v) is 1.64. The number of aryl methyl sites for hydroxylation is 1. The van der Waals surface area contributed by atoms with Crippen LogP contribution in [0.4, 0.5) is 0 Å². The van der Waals surface area contributed by atoms with Gasteiger partial charge in [0.05, 0.1) is 5.52 Å². The fraction of sp³-hybridized carbons (Fsp3) is 0.250.